The fraction of sp³-hybridized carbons (Fsp3) is 0.833. The van der Waals surface area contributed by atoms with Gasteiger partial charge in [-0.3, -0.25) is 4.79 Å². The summed E-state index contributed by atoms with van der Waals surface area (Å²) in [6, 6.07) is -0.0265. The molecule has 2 N–H and O–H groups in total. The molecule has 5 nitrogen and oxygen atoms in total. The van der Waals surface area contributed by atoms with Gasteiger partial charge in [-0.05, 0) is 37.5 Å². The Morgan fingerprint density at radius 1 is 1.29 bits per heavy atom. The van der Waals surface area contributed by atoms with Crippen molar-refractivity contribution in [2.75, 3.05) is 19.6 Å². The van der Waals surface area contributed by atoms with E-state index in [0.717, 1.165) is 19.5 Å². The molecule has 2 rings (SSSR count). The minimum Gasteiger partial charge on any atom is -0.481 e. The van der Waals surface area contributed by atoms with E-state index in [2.05, 4.69) is 5.32 Å². The van der Waals surface area contributed by atoms with Crippen LogP contribution in [0.1, 0.15) is 38.5 Å². The van der Waals surface area contributed by atoms with Gasteiger partial charge in [-0.25, -0.2) is 4.79 Å². The van der Waals surface area contributed by atoms with Gasteiger partial charge in [-0.2, -0.15) is 0 Å². The minimum atomic E-state index is -0.811. The van der Waals surface area contributed by atoms with Crippen molar-refractivity contribution < 1.29 is 14.7 Å². The Morgan fingerprint density at radius 3 is 2.71 bits per heavy atom. The number of hydrogen-bond donors (Lipinski definition) is 2. The highest BCUT2D eigenvalue weighted by atomic mass is 16.4. The molecule has 17 heavy (non-hydrogen) atoms. The van der Waals surface area contributed by atoms with Crippen LogP contribution >= 0.6 is 0 Å². The molecule has 0 radical (unpaired) electrons. The van der Waals surface area contributed by atoms with E-state index in [1.807, 2.05) is 4.90 Å². The smallest absolute Gasteiger partial charge is 0.317 e. The predicted octanol–water partition coefficient (Wildman–Crippen LogP) is 1.44. The normalized spacial score (nSPS) is 21.3. The number of carbonyl (C=O) groups is 2. The molecule has 1 heterocycles. The Labute approximate surface area is 101 Å². The van der Waals surface area contributed by atoms with Gasteiger partial charge in [0.05, 0.1) is 0 Å². The third-order valence-corrected chi connectivity index (χ3v) is 3.75. The highest BCUT2D eigenvalue weighted by molar-refractivity contribution is 5.74. The number of likely N-dealkylation sites (tertiary alicyclic amines) is 1. The molecule has 2 amide bonds. The van der Waals surface area contributed by atoms with Crippen molar-refractivity contribution in [3.8, 4) is 0 Å². The summed E-state index contributed by atoms with van der Waals surface area (Å²) < 4.78 is 0. The number of nitrogens with one attached hydrogen (secondary N) is 1. The quantitative estimate of drug-likeness (QED) is 0.730. The number of rotatable bonds is 4. The molecule has 5 heteroatoms. The van der Waals surface area contributed by atoms with Crippen molar-refractivity contribution in [2.45, 2.75) is 38.5 Å². The number of carbonyl (C=O) groups excluding carboxylic acids is 1. The number of carboxylic acid groups (broad SMARTS) is 1. The molecule has 0 aromatic rings. The molecular weight excluding hydrogens is 220 g/mol. The van der Waals surface area contributed by atoms with E-state index in [9.17, 15) is 9.59 Å². The summed E-state index contributed by atoms with van der Waals surface area (Å²) in [6.45, 7) is 2.18. The zero-order valence-corrected chi connectivity index (χ0v) is 10.1. The second kappa shape index (κ2) is 4.94. The topological polar surface area (TPSA) is 69.6 Å². The Kier molecular flexibility index (Phi) is 3.54. The van der Waals surface area contributed by atoms with Crippen LogP contribution in [0.2, 0.25) is 0 Å². The third kappa shape index (κ3) is 3.35. The van der Waals surface area contributed by atoms with Gasteiger partial charge in [0.25, 0.3) is 0 Å². The molecule has 0 atom stereocenters. The molecule has 0 aromatic carbocycles. The zero-order valence-electron chi connectivity index (χ0n) is 10.1. The van der Waals surface area contributed by atoms with Crippen molar-refractivity contribution in [3.63, 3.8) is 0 Å². The van der Waals surface area contributed by atoms with Crippen molar-refractivity contribution in [2.24, 2.45) is 5.41 Å². The maximum Gasteiger partial charge on any atom is 0.317 e. The number of amides is 2. The third-order valence-electron chi connectivity index (χ3n) is 3.75. The first-order valence-electron chi connectivity index (χ1n) is 6.36. The Hall–Kier alpha value is -1.26. The van der Waals surface area contributed by atoms with Crippen LogP contribution in [-0.4, -0.2) is 41.6 Å². The summed E-state index contributed by atoms with van der Waals surface area (Å²) >= 11 is 0. The summed E-state index contributed by atoms with van der Waals surface area (Å²) in [6.07, 6.45) is 5.49. The van der Waals surface area contributed by atoms with Gasteiger partial charge in [-0.1, -0.05) is 0 Å². The molecule has 1 saturated carbocycles. The molecular formula is C12H20N2O3. The average molecular weight is 240 g/mol. The zero-order chi connectivity index (χ0) is 12.3. The fourth-order valence-corrected chi connectivity index (χ4v) is 2.51. The van der Waals surface area contributed by atoms with Gasteiger partial charge in [0, 0.05) is 26.1 Å². The average Bonchev–Trinajstić information content (AvgIpc) is 3.03. The maximum absolute atomic E-state index is 11.8. The monoisotopic (exact) mass is 240 g/mol. The number of aliphatic carboxylic acids is 1. The number of urea groups is 1. The van der Waals surface area contributed by atoms with Crippen LogP contribution in [0.25, 0.3) is 0 Å². The van der Waals surface area contributed by atoms with Gasteiger partial charge >= 0.3 is 12.0 Å². The lowest BCUT2D eigenvalue weighted by molar-refractivity contribution is -0.137. The van der Waals surface area contributed by atoms with Crippen LogP contribution in [0.5, 0.6) is 0 Å². The standard InChI is InChI=1S/C12H20N2O3/c15-10(16)3-1-7-13-11(17)14-8-2-4-12(9-14)5-6-12/h1-9H2,(H,13,17)(H,15,16). The second-order valence-corrected chi connectivity index (χ2v) is 5.25. The fourth-order valence-electron chi connectivity index (χ4n) is 2.51. The van der Waals surface area contributed by atoms with Crippen LogP contribution in [0, 0.1) is 5.41 Å². The van der Waals surface area contributed by atoms with Crippen LogP contribution in [-0.2, 0) is 4.79 Å². The molecule has 2 aliphatic rings. The molecule has 1 aliphatic heterocycles. The van der Waals surface area contributed by atoms with Gasteiger partial charge in [0.15, 0.2) is 0 Å². The van der Waals surface area contributed by atoms with Crippen LogP contribution in [0.3, 0.4) is 0 Å². The van der Waals surface area contributed by atoms with Crippen LogP contribution in [0.4, 0.5) is 4.79 Å². The van der Waals surface area contributed by atoms with E-state index in [1.54, 1.807) is 0 Å². The first-order chi connectivity index (χ1) is 8.11. The van der Waals surface area contributed by atoms with Crippen molar-refractivity contribution in [1.82, 2.24) is 10.2 Å². The summed E-state index contributed by atoms with van der Waals surface area (Å²) in [7, 11) is 0. The van der Waals surface area contributed by atoms with Crippen LogP contribution in [0.15, 0.2) is 0 Å². The van der Waals surface area contributed by atoms with E-state index in [-0.39, 0.29) is 12.5 Å². The molecule has 0 aromatic heterocycles. The SMILES string of the molecule is O=C(O)CCCNC(=O)N1CCCC2(CC2)C1. The summed E-state index contributed by atoms with van der Waals surface area (Å²) in [4.78, 5) is 24.0. The van der Waals surface area contributed by atoms with E-state index in [0.29, 0.717) is 18.4 Å². The van der Waals surface area contributed by atoms with Crippen molar-refractivity contribution in [1.29, 1.82) is 0 Å². The first-order valence-corrected chi connectivity index (χ1v) is 6.36. The van der Waals surface area contributed by atoms with Crippen molar-refractivity contribution >= 4 is 12.0 Å². The van der Waals surface area contributed by atoms with Gasteiger partial charge in [0.2, 0.25) is 0 Å². The second-order valence-electron chi connectivity index (χ2n) is 5.25. The highest BCUT2D eigenvalue weighted by Crippen LogP contribution is 2.51. The predicted molar refractivity (Wildman–Crippen MR) is 62.7 cm³/mol. The molecule has 2 fully saturated rings. The molecule has 1 aliphatic carbocycles. The van der Waals surface area contributed by atoms with Crippen molar-refractivity contribution in [3.05, 3.63) is 0 Å². The molecule has 1 spiro atoms. The Balaban J connectivity index is 1.67. The van der Waals surface area contributed by atoms with E-state index in [1.165, 1.54) is 19.3 Å². The maximum atomic E-state index is 11.8. The summed E-state index contributed by atoms with van der Waals surface area (Å²) in [5.41, 5.74) is 0.441. The Morgan fingerprint density at radius 2 is 2.06 bits per heavy atom. The lowest BCUT2D eigenvalue weighted by Gasteiger charge is -2.32. The largest absolute Gasteiger partial charge is 0.481 e. The van der Waals surface area contributed by atoms with E-state index < -0.39 is 5.97 Å². The highest BCUT2D eigenvalue weighted by Gasteiger charge is 2.46. The van der Waals surface area contributed by atoms with E-state index >= 15 is 0 Å². The lowest BCUT2D eigenvalue weighted by Crippen LogP contribution is -2.46. The molecule has 0 unspecified atom stereocenters. The summed E-state index contributed by atoms with van der Waals surface area (Å²) in [5, 5.41) is 11.3. The van der Waals surface area contributed by atoms with Gasteiger partial charge in [0.1, 0.15) is 0 Å². The van der Waals surface area contributed by atoms with Gasteiger partial charge < -0.3 is 15.3 Å². The lowest BCUT2D eigenvalue weighted by atomic mass is 9.95. The van der Waals surface area contributed by atoms with Gasteiger partial charge in [-0.15, -0.1) is 0 Å². The minimum absolute atomic E-state index is 0.0265. The molecule has 0 bridgehead atoms. The molecule has 96 valence electrons. The first kappa shape index (κ1) is 12.2. The number of hydrogen-bond acceptors (Lipinski definition) is 2. The number of nitrogens with zero attached hydrogens (tertiary/aromatic N) is 1. The number of carboxylic acids is 1. The molecule has 1 saturated heterocycles. The number of piperidine rings is 1. The van der Waals surface area contributed by atoms with Crippen LogP contribution < -0.4 is 5.32 Å². The van der Waals surface area contributed by atoms with E-state index in [4.69, 9.17) is 5.11 Å². The Bertz CT molecular complexity index is 313. The summed E-state index contributed by atoms with van der Waals surface area (Å²) in [5.74, 6) is -0.811.